The lowest BCUT2D eigenvalue weighted by Gasteiger charge is -1.96. The molecule has 2 nitrogen and oxygen atoms in total. The van der Waals surface area contributed by atoms with Crippen molar-refractivity contribution in [3.05, 3.63) is 28.7 Å². The summed E-state index contributed by atoms with van der Waals surface area (Å²) in [6, 6.07) is 7.62. The van der Waals surface area contributed by atoms with Gasteiger partial charge in [0.15, 0.2) is 0 Å². The zero-order chi connectivity index (χ0) is 8.97. The number of rotatable bonds is 1. The van der Waals surface area contributed by atoms with E-state index in [0.717, 1.165) is 10.2 Å². The molecule has 0 bridgehead atoms. The maximum absolute atomic E-state index is 4.62. The minimum Gasteiger partial charge on any atom is -0.414 e. The first-order valence-electron chi connectivity index (χ1n) is 3.34. The van der Waals surface area contributed by atoms with E-state index in [-0.39, 0.29) is 0 Å². The van der Waals surface area contributed by atoms with Gasteiger partial charge in [-0.05, 0) is 24.3 Å². The lowest BCUT2D eigenvalue weighted by Crippen LogP contribution is -1.86. The molecule has 0 fully saturated rings. The fourth-order valence-corrected chi connectivity index (χ4v) is 1.02. The summed E-state index contributed by atoms with van der Waals surface area (Å²) in [7, 11) is 0. The van der Waals surface area contributed by atoms with Gasteiger partial charge in [-0.3, -0.25) is 0 Å². The second-order valence-corrected chi connectivity index (χ2v) is 3.30. The summed E-state index contributed by atoms with van der Waals surface area (Å²) in [6.45, 7) is 1.75. The maximum atomic E-state index is 4.62. The summed E-state index contributed by atoms with van der Waals surface area (Å²) in [6.07, 6.45) is 0. The van der Waals surface area contributed by atoms with Gasteiger partial charge in [-0.25, -0.2) is 4.99 Å². The van der Waals surface area contributed by atoms with Crippen molar-refractivity contribution in [3.63, 3.8) is 0 Å². The molecule has 0 aromatic heterocycles. The number of benzene rings is 1. The summed E-state index contributed by atoms with van der Waals surface area (Å²) in [4.78, 5) is 4.12. The Morgan fingerprint density at radius 2 is 2.00 bits per heavy atom. The first kappa shape index (κ1) is 9.61. The van der Waals surface area contributed by atoms with Crippen LogP contribution in [0.4, 0.5) is 5.69 Å². The number of hydrogen-bond donors (Lipinski definition) is 1. The predicted octanol–water partition coefficient (Wildman–Crippen LogP) is 3.36. The highest BCUT2D eigenvalue weighted by Crippen LogP contribution is 2.16. The lowest BCUT2D eigenvalue weighted by atomic mass is 10.3. The molecule has 1 rings (SSSR count). The van der Waals surface area contributed by atoms with Gasteiger partial charge in [-0.2, -0.15) is 0 Å². The molecule has 1 aromatic rings. The number of nitrogens with zero attached hydrogens (tertiary/aromatic N) is 1. The normalized spacial score (nSPS) is 11.4. The molecule has 0 atom stereocenters. The molecule has 0 heterocycles. The second kappa shape index (κ2) is 4.52. The van der Waals surface area contributed by atoms with E-state index in [2.05, 4.69) is 38.0 Å². The molecule has 0 amide bonds. The van der Waals surface area contributed by atoms with E-state index in [4.69, 9.17) is 0 Å². The molecule has 4 heteroatoms. The van der Waals surface area contributed by atoms with Gasteiger partial charge < -0.3 is 4.18 Å². The number of aliphatic imine (C=N–C) groups is 1. The minimum atomic E-state index is 0.528. The minimum absolute atomic E-state index is 0.528. The van der Waals surface area contributed by atoms with Gasteiger partial charge in [0, 0.05) is 24.3 Å². The third-order valence-corrected chi connectivity index (χ3v) is 2.04. The Morgan fingerprint density at radius 3 is 2.50 bits per heavy atom. The van der Waals surface area contributed by atoms with Gasteiger partial charge in [-0.1, -0.05) is 15.9 Å². The Hall–Kier alpha value is -0.480. The van der Waals surface area contributed by atoms with Gasteiger partial charge in [-0.15, -0.1) is 0 Å². The Kier molecular flexibility index (Phi) is 3.62. The van der Waals surface area contributed by atoms with Crippen LogP contribution in [-0.2, 0) is 4.18 Å². The zero-order valence-electron chi connectivity index (χ0n) is 6.49. The van der Waals surface area contributed by atoms with Crippen molar-refractivity contribution >= 4 is 40.4 Å². The van der Waals surface area contributed by atoms with Crippen LogP contribution >= 0.6 is 28.8 Å². The molecular weight excluding hydrogens is 238 g/mol. The van der Waals surface area contributed by atoms with Crippen LogP contribution in [0.3, 0.4) is 0 Å². The summed E-state index contributed by atoms with van der Waals surface area (Å²) < 4.78 is 5.65. The van der Waals surface area contributed by atoms with E-state index in [1.165, 1.54) is 0 Å². The summed E-state index contributed by atoms with van der Waals surface area (Å²) in [5.74, 6) is 0.528. The molecule has 0 unspecified atom stereocenters. The van der Waals surface area contributed by atoms with E-state index in [1.807, 2.05) is 24.3 Å². The predicted molar refractivity (Wildman–Crippen MR) is 57.0 cm³/mol. The summed E-state index contributed by atoms with van der Waals surface area (Å²) in [5, 5.41) is 0. The van der Waals surface area contributed by atoms with Crippen molar-refractivity contribution in [3.8, 4) is 0 Å². The maximum Gasteiger partial charge on any atom is 0.200 e. The van der Waals surface area contributed by atoms with E-state index < -0.39 is 0 Å². The van der Waals surface area contributed by atoms with Gasteiger partial charge >= 0.3 is 0 Å². The average Bonchev–Trinajstić information content (AvgIpc) is 2.09. The van der Waals surface area contributed by atoms with Gasteiger partial charge in [0.1, 0.15) is 0 Å². The van der Waals surface area contributed by atoms with E-state index >= 15 is 0 Å². The van der Waals surface area contributed by atoms with Crippen LogP contribution in [-0.4, -0.2) is 5.90 Å². The summed E-state index contributed by atoms with van der Waals surface area (Å²) >= 11 is 6.96. The van der Waals surface area contributed by atoms with Gasteiger partial charge in [0.2, 0.25) is 5.90 Å². The SMILES string of the molecule is CC(=Nc1ccc(Br)cc1)OS. The largest absolute Gasteiger partial charge is 0.414 e. The van der Waals surface area contributed by atoms with Crippen molar-refractivity contribution < 1.29 is 4.18 Å². The van der Waals surface area contributed by atoms with Crippen LogP contribution in [0.5, 0.6) is 0 Å². The monoisotopic (exact) mass is 245 g/mol. The number of thiol groups is 1. The van der Waals surface area contributed by atoms with Crippen molar-refractivity contribution in [2.75, 3.05) is 0 Å². The topological polar surface area (TPSA) is 21.6 Å². The molecule has 0 aliphatic carbocycles. The first-order valence-corrected chi connectivity index (χ1v) is 4.50. The highest BCUT2D eigenvalue weighted by atomic mass is 79.9. The van der Waals surface area contributed by atoms with E-state index in [0.29, 0.717) is 5.90 Å². The highest BCUT2D eigenvalue weighted by Gasteiger charge is 1.91. The standard InChI is InChI=1S/C8H8BrNOS/c1-6(11-12)10-8-4-2-7(9)3-5-8/h2-5,12H,1H3. The van der Waals surface area contributed by atoms with Crippen LogP contribution in [0.25, 0.3) is 0 Å². The van der Waals surface area contributed by atoms with Gasteiger partial charge in [0.25, 0.3) is 0 Å². The third-order valence-electron chi connectivity index (χ3n) is 1.25. The Labute approximate surface area is 85.4 Å². The molecule has 0 radical (unpaired) electrons. The lowest BCUT2D eigenvalue weighted by molar-refractivity contribution is 0.653. The Balaban J connectivity index is 2.84. The van der Waals surface area contributed by atoms with Crippen LogP contribution in [0.2, 0.25) is 0 Å². The zero-order valence-corrected chi connectivity index (χ0v) is 8.97. The van der Waals surface area contributed by atoms with E-state index in [1.54, 1.807) is 6.92 Å². The number of halogens is 1. The van der Waals surface area contributed by atoms with Crippen molar-refractivity contribution in [2.24, 2.45) is 4.99 Å². The Bertz CT molecular complexity index is 284. The van der Waals surface area contributed by atoms with Crippen LogP contribution in [0, 0.1) is 0 Å². The van der Waals surface area contributed by atoms with Crippen molar-refractivity contribution in [1.29, 1.82) is 0 Å². The molecule has 0 saturated heterocycles. The molecule has 0 saturated carbocycles. The Morgan fingerprint density at radius 1 is 1.42 bits per heavy atom. The molecule has 1 aromatic carbocycles. The quantitative estimate of drug-likeness (QED) is 0.349. The highest BCUT2D eigenvalue weighted by molar-refractivity contribution is 9.10. The average molecular weight is 246 g/mol. The number of hydrogen-bond acceptors (Lipinski definition) is 3. The molecule has 0 spiro atoms. The second-order valence-electron chi connectivity index (χ2n) is 2.20. The third kappa shape index (κ3) is 2.87. The van der Waals surface area contributed by atoms with E-state index in [9.17, 15) is 0 Å². The van der Waals surface area contributed by atoms with Crippen molar-refractivity contribution in [1.82, 2.24) is 0 Å². The fraction of sp³-hybridized carbons (Fsp3) is 0.125. The fourth-order valence-electron chi connectivity index (χ4n) is 0.718. The molecule has 0 aliphatic rings. The molecule has 0 N–H and O–H groups in total. The first-order chi connectivity index (χ1) is 5.72. The molecule has 64 valence electrons. The summed E-state index contributed by atoms with van der Waals surface area (Å²) in [5.41, 5.74) is 0.852. The van der Waals surface area contributed by atoms with Crippen LogP contribution in [0.15, 0.2) is 33.7 Å². The van der Waals surface area contributed by atoms with Crippen LogP contribution in [0.1, 0.15) is 6.92 Å². The van der Waals surface area contributed by atoms with Gasteiger partial charge in [0.05, 0.1) is 5.69 Å². The van der Waals surface area contributed by atoms with Crippen molar-refractivity contribution in [2.45, 2.75) is 6.92 Å². The smallest absolute Gasteiger partial charge is 0.200 e. The van der Waals surface area contributed by atoms with Crippen LogP contribution < -0.4 is 0 Å². The molecule has 12 heavy (non-hydrogen) atoms. The molecule has 0 aliphatic heterocycles. The molecular formula is C8H8BrNOS.